The van der Waals surface area contributed by atoms with Crippen molar-refractivity contribution in [2.45, 2.75) is 39.7 Å². The van der Waals surface area contributed by atoms with E-state index in [1.165, 1.54) is 12.1 Å². The van der Waals surface area contributed by atoms with Gasteiger partial charge < -0.3 is 25.0 Å². The number of hydrogen-bond acceptors (Lipinski definition) is 5. The van der Waals surface area contributed by atoms with E-state index >= 15 is 0 Å². The van der Waals surface area contributed by atoms with Crippen molar-refractivity contribution >= 4 is 41.5 Å². The lowest BCUT2D eigenvalue weighted by Gasteiger charge is -2.36. The van der Waals surface area contributed by atoms with E-state index < -0.39 is 0 Å². The lowest BCUT2D eigenvalue weighted by molar-refractivity contribution is -0.131. The van der Waals surface area contributed by atoms with Gasteiger partial charge in [-0.2, -0.15) is 0 Å². The Labute approximate surface area is 212 Å². The van der Waals surface area contributed by atoms with Gasteiger partial charge in [-0.15, -0.1) is 24.0 Å². The Hall–Kier alpha value is -2.37. The molecular formula is C23H34FIN6O2. The van der Waals surface area contributed by atoms with Crippen LogP contribution in [0.1, 0.15) is 44.6 Å². The van der Waals surface area contributed by atoms with Crippen LogP contribution in [-0.4, -0.2) is 61.2 Å². The zero-order valence-electron chi connectivity index (χ0n) is 19.5. The van der Waals surface area contributed by atoms with Crippen molar-refractivity contribution in [3.05, 3.63) is 47.6 Å². The Balaban J connectivity index is 0.00000385. The van der Waals surface area contributed by atoms with Crippen LogP contribution in [0.15, 0.2) is 39.8 Å². The highest BCUT2D eigenvalue weighted by molar-refractivity contribution is 14.0. The number of aliphatic imine (C=N–C) groups is 1. The molecule has 0 bridgehead atoms. The monoisotopic (exact) mass is 572 g/mol. The molecule has 1 aromatic carbocycles. The molecule has 2 N–H and O–H groups in total. The van der Waals surface area contributed by atoms with Crippen LogP contribution in [0.3, 0.4) is 0 Å². The van der Waals surface area contributed by atoms with Crippen LogP contribution in [0.25, 0.3) is 0 Å². The van der Waals surface area contributed by atoms with Crippen LogP contribution in [0, 0.1) is 5.82 Å². The molecule has 0 aliphatic carbocycles. The summed E-state index contributed by atoms with van der Waals surface area (Å²) in [6, 6.07) is 8.41. The Morgan fingerprint density at radius 2 is 1.88 bits per heavy atom. The SMILES string of the molecule is CCNC(=NCc1cc(C(C)C)no1)NCCC(=O)N1CCN(c2ccc(F)cc2)CC1.I. The lowest BCUT2D eigenvalue weighted by Crippen LogP contribution is -2.49. The second kappa shape index (κ2) is 13.4. The second-order valence-corrected chi connectivity index (χ2v) is 8.09. The maximum atomic E-state index is 13.1. The molecule has 0 saturated carbocycles. The minimum absolute atomic E-state index is 0. The molecule has 10 heteroatoms. The number of nitrogens with one attached hydrogen (secondary N) is 2. The maximum absolute atomic E-state index is 13.1. The number of piperazine rings is 1. The van der Waals surface area contributed by atoms with E-state index in [4.69, 9.17) is 4.52 Å². The van der Waals surface area contributed by atoms with Crippen LogP contribution >= 0.6 is 24.0 Å². The molecule has 1 aliphatic heterocycles. The first kappa shape index (κ1) is 26.9. The molecule has 182 valence electrons. The quantitative estimate of drug-likeness (QED) is 0.287. The summed E-state index contributed by atoms with van der Waals surface area (Å²) in [5.74, 6) is 1.54. The molecule has 33 heavy (non-hydrogen) atoms. The van der Waals surface area contributed by atoms with Crippen LogP contribution < -0.4 is 15.5 Å². The number of benzene rings is 1. The van der Waals surface area contributed by atoms with Crippen molar-refractivity contribution in [3.8, 4) is 0 Å². The van der Waals surface area contributed by atoms with Gasteiger partial charge in [0.05, 0.1) is 5.69 Å². The van der Waals surface area contributed by atoms with Gasteiger partial charge >= 0.3 is 0 Å². The first-order valence-corrected chi connectivity index (χ1v) is 11.2. The van der Waals surface area contributed by atoms with Crippen molar-refractivity contribution in [3.63, 3.8) is 0 Å². The van der Waals surface area contributed by atoms with Gasteiger partial charge in [-0.1, -0.05) is 19.0 Å². The van der Waals surface area contributed by atoms with Gasteiger partial charge in [0.15, 0.2) is 11.7 Å². The van der Waals surface area contributed by atoms with Gasteiger partial charge in [0.1, 0.15) is 12.4 Å². The number of hydrogen-bond donors (Lipinski definition) is 2. The minimum Gasteiger partial charge on any atom is -0.368 e. The number of halogens is 2. The molecule has 8 nitrogen and oxygen atoms in total. The number of aromatic nitrogens is 1. The molecule has 1 aromatic heterocycles. The summed E-state index contributed by atoms with van der Waals surface area (Å²) >= 11 is 0. The number of rotatable bonds is 8. The highest BCUT2D eigenvalue weighted by atomic mass is 127. The predicted octanol–water partition coefficient (Wildman–Crippen LogP) is 3.35. The molecule has 0 atom stereocenters. The van der Waals surface area contributed by atoms with Crippen LogP contribution in [0.2, 0.25) is 0 Å². The highest BCUT2D eigenvalue weighted by Crippen LogP contribution is 2.17. The first-order chi connectivity index (χ1) is 15.5. The fourth-order valence-corrected chi connectivity index (χ4v) is 3.49. The molecule has 0 spiro atoms. The average molecular weight is 572 g/mol. The maximum Gasteiger partial charge on any atom is 0.224 e. The van der Waals surface area contributed by atoms with Gasteiger partial charge in [0.2, 0.25) is 5.91 Å². The smallest absolute Gasteiger partial charge is 0.224 e. The van der Waals surface area contributed by atoms with E-state index in [0.717, 1.165) is 31.0 Å². The van der Waals surface area contributed by atoms with E-state index in [2.05, 4.69) is 39.5 Å². The molecular weight excluding hydrogens is 538 g/mol. The van der Waals surface area contributed by atoms with Crippen molar-refractivity contribution < 1.29 is 13.7 Å². The third kappa shape index (κ3) is 8.17. The van der Waals surface area contributed by atoms with Crippen molar-refractivity contribution in [1.82, 2.24) is 20.7 Å². The summed E-state index contributed by atoms with van der Waals surface area (Å²) < 4.78 is 18.4. The molecule has 1 amide bonds. The molecule has 3 rings (SSSR count). The third-order valence-corrected chi connectivity index (χ3v) is 5.36. The van der Waals surface area contributed by atoms with Gasteiger partial charge in [-0.05, 0) is 37.1 Å². The Morgan fingerprint density at radius 1 is 1.18 bits per heavy atom. The first-order valence-electron chi connectivity index (χ1n) is 11.2. The summed E-state index contributed by atoms with van der Waals surface area (Å²) in [6.45, 7) is 10.5. The van der Waals surface area contributed by atoms with E-state index in [0.29, 0.717) is 50.2 Å². The van der Waals surface area contributed by atoms with E-state index in [1.807, 2.05) is 17.9 Å². The number of guanidine groups is 1. The summed E-state index contributed by atoms with van der Waals surface area (Å²) in [5, 5.41) is 10.4. The van der Waals surface area contributed by atoms with E-state index in [-0.39, 0.29) is 35.7 Å². The van der Waals surface area contributed by atoms with Gasteiger partial charge in [-0.25, -0.2) is 9.38 Å². The fraction of sp³-hybridized carbons (Fsp3) is 0.522. The number of anilines is 1. The summed E-state index contributed by atoms with van der Waals surface area (Å²) in [6.07, 6.45) is 0.390. The van der Waals surface area contributed by atoms with Gasteiger partial charge in [-0.3, -0.25) is 4.79 Å². The second-order valence-electron chi connectivity index (χ2n) is 8.09. The summed E-state index contributed by atoms with van der Waals surface area (Å²) in [7, 11) is 0. The number of carbonyl (C=O) groups excluding carboxylic acids is 1. The Kier molecular flexibility index (Phi) is 10.9. The topological polar surface area (TPSA) is 86.0 Å². The summed E-state index contributed by atoms with van der Waals surface area (Å²) in [5.41, 5.74) is 1.90. The van der Waals surface area contributed by atoms with Gasteiger partial charge in [0.25, 0.3) is 0 Å². The minimum atomic E-state index is -0.239. The molecule has 0 unspecified atom stereocenters. The zero-order chi connectivity index (χ0) is 22.9. The number of nitrogens with zero attached hydrogens (tertiary/aromatic N) is 4. The lowest BCUT2D eigenvalue weighted by atomic mass is 10.1. The normalized spacial score (nSPS) is 14.3. The van der Waals surface area contributed by atoms with Crippen LogP contribution in [-0.2, 0) is 11.3 Å². The van der Waals surface area contributed by atoms with Crippen molar-refractivity contribution in [2.75, 3.05) is 44.2 Å². The predicted molar refractivity (Wildman–Crippen MR) is 139 cm³/mol. The molecule has 0 radical (unpaired) electrons. The molecule has 2 heterocycles. The van der Waals surface area contributed by atoms with E-state index in [9.17, 15) is 9.18 Å². The van der Waals surface area contributed by atoms with E-state index in [1.54, 1.807) is 12.1 Å². The van der Waals surface area contributed by atoms with Crippen LogP contribution in [0.4, 0.5) is 10.1 Å². The molecule has 1 aliphatic rings. The molecule has 1 fully saturated rings. The summed E-state index contributed by atoms with van der Waals surface area (Å²) in [4.78, 5) is 21.2. The third-order valence-electron chi connectivity index (χ3n) is 5.36. The molecule has 2 aromatic rings. The van der Waals surface area contributed by atoms with Gasteiger partial charge in [0, 0.05) is 57.4 Å². The standard InChI is InChI=1S/C23H33FN6O2.HI/c1-4-25-23(27-16-20-15-21(17(2)3)28-32-20)26-10-9-22(31)30-13-11-29(12-14-30)19-7-5-18(24)6-8-19;/h5-8,15,17H,4,9-14,16H2,1-3H3,(H2,25,26,27);1H. The Bertz CT molecular complexity index is 895. The highest BCUT2D eigenvalue weighted by Gasteiger charge is 2.21. The average Bonchev–Trinajstić information content (AvgIpc) is 3.27. The Morgan fingerprint density at radius 3 is 2.48 bits per heavy atom. The fourth-order valence-electron chi connectivity index (χ4n) is 3.49. The zero-order valence-corrected chi connectivity index (χ0v) is 21.8. The van der Waals surface area contributed by atoms with Crippen LogP contribution in [0.5, 0.6) is 0 Å². The number of carbonyl (C=O) groups is 1. The van der Waals surface area contributed by atoms with Crippen molar-refractivity contribution in [1.29, 1.82) is 0 Å². The number of amides is 1. The largest absolute Gasteiger partial charge is 0.368 e. The van der Waals surface area contributed by atoms with Crippen molar-refractivity contribution in [2.24, 2.45) is 4.99 Å². The molecule has 1 saturated heterocycles.